The summed E-state index contributed by atoms with van der Waals surface area (Å²) < 4.78 is 4.32. The van der Waals surface area contributed by atoms with Gasteiger partial charge in [0.1, 0.15) is 7.11 Å². The average molecular weight is 307 g/mol. The van der Waals surface area contributed by atoms with E-state index in [9.17, 15) is 9.59 Å². The lowest BCUT2D eigenvalue weighted by molar-refractivity contribution is 0.212. The maximum Gasteiger partial charge on any atom is 0.332 e. The van der Waals surface area contributed by atoms with Gasteiger partial charge in [-0.1, -0.05) is 5.16 Å². The number of rotatable bonds is 6. The highest BCUT2D eigenvalue weighted by Crippen LogP contribution is 2.04. The SMILES string of the molecule is CON=C(C)CCCCn1c(=O)c2c(ncn2C)n(C)c1=O. The Morgan fingerprint density at radius 3 is 2.73 bits per heavy atom. The molecule has 2 aromatic heterocycles. The van der Waals surface area contributed by atoms with Crippen molar-refractivity contribution in [3.8, 4) is 0 Å². The number of aryl methyl sites for hydroxylation is 2. The molecule has 120 valence electrons. The molecule has 0 saturated heterocycles. The third-order valence-electron chi connectivity index (χ3n) is 3.62. The van der Waals surface area contributed by atoms with Crippen molar-refractivity contribution < 1.29 is 4.84 Å². The van der Waals surface area contributed by atoms with Crippen molar-refractivity contribution in [2.75, 3.05) is 7.11 Å². The van der Waals surface area contributed by atoms with Crippen molar-refractivity contribution in [3.63, 3.8) is 0 Å². The molecule has 0 spiro atoms. The highest BCUT2D eigenvalue weighted by Gasteiger charge is 2.14. The number of aromatic nitrogens is 4. The van der Waals surface area contributed by atoms with Crippen molar-refractivity contribution in [2.45, 2.75) is 32.7 Å². The Labute approximate surface area is 127 Å². The van der Waals surface area contributed by atoms with E-state index in [1.807, 2.05) is 6.92 Å². The molecule has 2 aromatic rings. The smallest absolute Gasteiger partial charge is 0.332 e. The van der Waals surface area contributed by atoms with E-state index < -0.39 is 0 Å². The maximum absolute atomic E-state index is 12.5. The molecule has 0 N–H and O–H groups in total. The molecule has 0 saturated carbocycles. The standard InChI is InChI=1S/C14H21N5O3/c1-10(16-22-4)7-5-6-8-19-13(20)11-12(15-9-17(11)2)18(3)14(19)21/h9H,5-8H2,1-4H3. The van der Waals surface area contributed by atoms with E-state index in [4.69, 9.17) is 4.84 Å². The second-order valence-corrected chi connectivity index (χ2v) is 5.29. The lowest BCUT2D eigenvalue weighted by atomic mass is 10.2. The number of fused-ring (bicyclic) bond motifs is 1. The first kappa shape index (κ1) is 16.0. The van der Waals surface area contributed by atoms with Gasteiger partial charge in [0, 0.05) is 20.6 Å². The van der Waals surface area contributed by atoms with Gasteiger partial charge < -0.3 is 9.40 Å². The normalized spacial score (nSPS) is 12.1. The number of imidazole rings is 1. The molecule has 0 bridgehead atoms. The second-order valence-electron chi connectivity index (χ2n) is 5.29. The number of unbranched alkanes of at least 4 members (excludes halogenated alkanes) is 1. The van der Waals surface area contributed by atoms with Crippen LogP contribution in [-0.2, 0) is 25.5 Å². The average Bonchev–Trinajstić information content (AvgIpc) is 2.86. The molecule has 2 rings (SSSR count). The van der Waals surface area contributed by atoms with Crippen LogP contribution in [0.15, 0.2) is 21.1 Å². The van der Waals surface area contributed by atoms with Crippen molar-refractivity contribution in [1.82, 2.24) is 18.7 Å². The Morgan fingerprint density at radius 2 is 2.05 bits per heavy atom. The first-order valence-electron chi connectivity index (χ1n) is 7.14. The lowest BCUT2D eigenvalue weighted by Crippen LogP contribution is -2.39. The van der Waals surface area contributed by atoms with Gasteiger partial charge in [-0.2, -0.15) is 0 Å². The second kappa shape index (κ2) is 6.59. The van der Waals surface area contributed by atoms with E-state index in [1.54, 1.807) is 25.0 Å². The van der Waals surface area contributed by atoms with Gasteiger partial charge in [-0.15, -0.1) is 0 Å². The first-order valence-corrected chi connectivity index (χ1v) is 7.14. The molecule has 0 unspecified atom stereocenters. The lowest BCUT2D eigenvalue weighted by Gasteiger charge is -2.08. The number of nitrogens with zero attached hydrogens (tertiary/aromatic N) is 5. The van der Waals surface area contributed by atoms with Gasteiger partial charge in [-0.05, 0) is 26.2 Å². The zero-order chi connectivity index (χ0) is 16.3. The van der Waals surface area contributed by atoms with Crippen LogP contribution in [0, 0.1) is 0 Å². The minimum Gasteiger partial charge on any atom is -0.399 e. The molecule has 8 heteroatoms. The largest absolute Gasteiger partial charge is 0.399 e. The molecule has 22 heavy (non-hydrogen) atoms. The van der Waals surface area contributed by atoms with Gasteiger partial charge in [-0.25, -0.2) is 9.78 Å². The first-order chi connectivity index (χ1) is 10.5. The summed E-state index contributed by atoms with van der Waals surface area (Å²) in [6.07, 6.45) is 3.87. The Hall–Kier alpha value is -2.38. The quantitative estimate of drug-likeness (QED) is 0.445. The van der Waals surface area contributed by atoms with Crippen LogP contribution in [0.1, 0.15) is 26.2 Å². The van der Waals surface area contributed by atoms with Gasteiger partial charge in [0.15, 0.2) is 11.2 Å². The third kappa shape index (κ3) is 2.95. The van der Waals surface area contributed by atoms with E-state index in [-0.39, 0.29) is 11.2 Å². The van der Waals surface area contributed by atoms with E-state index in [1.165, 1.54) is 16.2 Å². The summed E-state index contributed by atoms with van der Waals surface area (Å²) in [4.78, 5) is 33.5. The van der Waals surface area contributed by atoms with Crippen LogP contribution in [0.3, 0.4) is 0 Å². The molecule has 0 radical (unpaired) electrons. The zero-order valence-electron chi connectivity index (χ0n) is 13.4. The number of oxime groups is 1. The summed E-state index contributed by atoms with van der Waals surface area (Å²) >= 11 is 0. The van der Waals surface area contributed by atoms with E-state index in [0.29, 0.717) is 17.7 Å². The monoisotopic (exact) mass is 307 g/mol. The molecule has 0 aliphatic heterocycles. The van der Waals surface area contributed by atoms with Gasteiger partial charge in [0.2, 0.25) is 0 Å². The summed E-state index contributed by atoms with van der Waals surface area (Å²) in [5.74, 6) is 0. The van der Waals surface area contributed by atoms with Crippen LogP contribution in [0.5, 0.6) is 0 Å². The fourth-order valence-electron chi connectivity index (χ4n) is 2.45. The molecule has 0 fully saturated rings. The van der Waals surface area contributed by atoms with Crippen LogP contribution in [0.2, 0.25) is 0 Å². The highest BCUT2D eigenvalue weighted by atomic mass is 16.6. The van der Waals surface area contributed by atoms with Gasteiger partial charge in [0.25, 0.3) is 5.56 Å². The maximum atomic E-state index is 12.5. The highest BCUT2D eigenvalue weighted by molar-refractivity contribution is 5.81. The predicted molar refractivity (Wildman–Crippen MR) is 84.2 cm³/mol. The molecular weight excluding hydrogens is 286 g/mol. The van der Waals surface area contributed by atoms with Crippen LogP contribution in [0.4, 0.5) is 0 Å². The fourth-order valence-corrected chi connectivity index (χ4v) is 2.45. The fraction of sp³-hybridized carbons (Fsp3) is 0.571. The van der Waals surface area contributed by atoms with Gasteiger partial charge in [0.05, 0.1) is 12.0 Å². The molecular formula is C14H21N5O3. The van der Waals surface area contributed by atoms with Gasteiger partial charge in [-0.3, -0.25) is 13.9 Å². The Kier molecular flexibility index (Phi) is 4.79. The summed E-state index contributed by atoms with van der Waals surface area (Å²) in [6, 6.07) is 0. The Morgan fingerprint density at radius 1 is 1.32 bits per heavy atom. The Bertz CT molecular complexity index is 812. The van der Waals surface area contributed by atoms with Crippen molar-refractivity contribution in [2.24, 2.45) is 19.3 Å². The van der Waals surface area contributed by atoms with Crippen LogP contribution in [-0.4, -0.2) is 31.5 Å². The summed E-state index contributed by atoms with van der Waals surface area (Å²) in [5, 5.41) is 3.83. The summed E-state index contributed by atoms with van der Waals surface area (Å²) in [7, 11) is 4.88. The predicted octanol–water partition coefficient (Wildman–Crippen LogP) is 0.626. The van der Waals surface area contributed by atoms with Crippen molar-refractivity contribution in [3.05, 3.63) is 27.2 Å². The van der Waals surface area contributed by atoms with Crippen molar-refractivity contribution in [1.29, 1.82) is 0 Å². The van der Waals surface area contributed by atoms with Crippen LogP contribution >= 0.6 is 0 Å². The van der Waals surface area contributed by atoms with E-state index in [0.717, 1.165) is 25.0 Å². The van der Waals surface area contributed by atoms with E-state index in [2.05, 4.69) is 10.1 Å². The molecule has 2 heterocycles. The van der Waals surface area contributed by atoms with Gasteiger partial charge >= 0.3 is 5.69 Å². The van der Waals surface area contributed by atoms with Crippen molar-refractivity contribution >= 4 is 16.9 Å². The number of hydrogen-bond donors (Lipinski definition) is 0. The molecule has 0 aliphatic carbocycles. The molecule has 0 atom stereocenters. The molecule has 0 aromatic carbocycles. The summed E-state index contributed by atoms with van der Waals surface area (Å²) in [5.41, 5.74) is 1.12. The molecule has 8 nitrogen and oxygen atoms in total. The van der Waals surface area contributed by atoms with E-state index >= 15 is 0 Å². The number of hydrogen-bond acceptors (Lipinski definition) is 5. The zero-order valence-corrected chi connectivity index (χ0v) is 13.4. The topological polar surface area (TPSA) is 83.4 Å². The molecule has 0 aliphatic rings. The molecule has 0 amide bonds. The van der Waals surface area contributed by atoms with Crippen LogP contribution in [0.25, 0.3) is 11.2 Å². The minimum atomic E-state index is -0.335. The summed E-state index contributed by atoms with van der Waals surface area (Å²) in [6.45, 7) is 2.27. The Balaban J connectivity index is 2.22. The van der Waals surface area contributed by atoms with Crippen LogP contribution < -0.4 is 11.2 Å². The third-order valence-corrected chi connectivity index (χ3v) is 3.62. The minimum absolute atomic E-state index is 0.291.